The standard InChI is InChI=1S/C23H35N3O4/c1-29-21-7-3-2-6-19(21)25-16-14-24(15-17-25)13-10-18-8-9-20(27)22(30-18)23(28)26-11-4-5-12-26/h2-3,6-7,18,20,22,27H,4-5,8-17H2,1H3. The summed E-state index contributed by atoms with van der Waals surface area (Å²) in [5, 5.41) is 10.3. The van der Waals surface area contributed by atoms with E-state index in [2.05, 4.69) is 21.9 Å². The minimum atomic E-state index is -0.677. The average Bonchev–Trinajstić information content (AvgIpc) is 3.33. The lowest BCUT2D eigenvalue weighted by molar-refractivity contribution is -0.167. The first-order valence-corrected chi connectivity index (χ1v) is 11.4. The molecule has 3 aliphatic heterocycles. The Bertz CT molecular complexity index is 701. The molecule has 3 saturated heterocycles. The average molecular weight is 418 g/mol. The van der Waals surface area contributed by atoms with Gasteiger partial charge in [0.25, 0.3) is 5.91 Å². The van der Waals surface area contributed by atoms with Crippen LogP contribution in [0.3, 0.4) is 0 Å². The quantitative estimate of drug-likeness (QED) is 0.761. The zero-order chi connectivity index (χ0) is 20.9. The zero-order valence-corrected chi connectivity index (χ0v) is 18.0. The minimum Gasteiger partial charge on any atom is -0.495 e. The predicted molar refractivity (Wildman–Crippen MR) is 116 cm³/mol. The summed E-state index contributed by atoms with van der Waals surface area (Å²) in [6.45, 7) is 6.51. The van der Waals surface area contributed by atoms with Gasteiger partial charge in [-0.05, 0) is 44.2 Å². The number of rotatable bonds is 6. The first kappa shape index (κ1) is 21.4. The summed E-state index contributed by atoms with van der Waals surface area (Å²) in [4.78, 5) is 19.4. The number of aliphatic hydroxyl groups is 1. The Kier molecular flexibility index (Phi) is 7.12. The highest BCUT2D eigenvalue weighted by Gasteiger charge is 2.38. The second kappa shape index (κ2) is 9.98. The van der Waals surface area contributed by atoms with Gasteiger partial charge in [-0.2, -0.15) is 0 Å². The highest BCUT2D eigenvalue weighted by atomic mass is 16.5. The first-order chi connectivity index (χ1) is 14.7. The summed E-state index contributed by atoms with van der Waals surface area (Å²) in [5.74, 6) is 0.906. The molecule has 0 saturated carbocycles. The van der Waals surface area contributed by atoms with Crippen molar-refractivity contribution in [2.24, 2.45) is 0 Å². The molecule has 166 valence electrons. The molecule has 1 aromatic carbocycles. The fourth-order valence-electron chi connectivity index (χ4n) is 4.86. The summed E-state index contributed by atoms with van der Waals surface area (Å²) in [5.41, 5.74) is 1.16. The topological polar surface area (TPSA) is 65.5 Å². The van der Waals surface area contributed by atoms with E-state index in [1.165, 1.54) is 0 Å². The van der Waals surface area contributed by atoms with E-state index in [-0.39, 0.29) is 12.0 Å². The molecule has 0 spiro atoms. The number of hydrogen-bond donors (Lipinski definition) is 1. The van der Waals surface area contributed by atoms with Crippen molar-refractivity contribution in [2.45, 2.75) is 50.4 Å². The summed E-state index contributed by atoms with van der Waals surface area (Å²) in [6.07, 6.45) is 3.20. The molecule has 30 heavy (non-hydrogen) atoms. The van der Waals surface area contributed by atoms with Gasteiger partial charge in [0.05, 0.1) is 25.0 Å². The van der Waals surface area contributed by atoms with Crippen LogP contribution in [0, 0.1) is 0 Å². The van der Waals surface area contributed by atoms with Crippen LogP contribution in [0.4, 0.5) is 5.69 Å². The van der Waals surface area contributed by atoms with E-state index < -0.39 is 12.2 Å². The lowest BCUT2D eigenvalue weighted by Gasteiger charge is -2.38. The maximum Gasteiger partial charge on any atom is 0.254 e. The van der Waals surface area contributed by atoms with E-state index in [1.54, 1.807) is 7.11 Å². The van der Waals surface area contributed by atoms with Crippen molar-refractivity contribution in [3.8, 4) is 5.75 Å². The van der Waals surface area contributed by atoms with Gasteiger partial charge in [0.1, 0.15) is 5.75 Å². The van der Waals surface area contributed by atoms with Gasteiger partial charge in [0.2, 0.25) is 0 Å². The molecule has 1 amide bonds. The highest BCUT2D eigenvalue weighted by Crippen LogP contribution is 2.29. The molecule has 7 nitrogen and oxygen atoms in total. The summed E-state index contributed by atoms with van der Waals surface area (Å²) in [6, 6.07) is 8.18. The SMILES string of the molecule is COc1ccccc1N1CCN(CCC2CCC(O)C(C(=O)N3CCCC3)O2)CC1. The van der Waals surface area contributed by atoms with Crippen LogP contribution in [0.25, 0.3) is 0 Å². The number of anilines is 1. The van der Waals surface area contributed by atoms with Gasteiger partial charge in [0, 0.05) is 45.8 Å². The molecule has 0 bridgehead atoms. The number of nitrogens with zero attached hydrogens (tertiary/aromatic N) is 3. The van der Waals surface area contributed by atoms with Gasteiger partial charge in [-0.25, -0.2) is 0 Å². The third kappa shape index (κ3) is 4.90. The maximum atomic E-state index is 12.7. The third-order valence-corrected chi connectivity index (χ3v) is 6.70. The monoisotopic (exact) mass is 417 g/mol. The molecule has 7 heteroatoms. The molecule has 3 atom stereocenters. The molecule has 0 aliphatic carbocycles. The Morgan fingerprint density at radius 1 is 1.10 bits per heavy atom. The number of aliphatic hydroxyl groups excluding tert-OH is 1. The van der Waals surface area contributed by atoms with Crippen LogP contribution < -0.4 is 9.64 Å². The van der Waals surface area contributed by atoms with Crippen molar-refractivity contribution in [3.63, 3.8) is 0 Å². The zero-order valence-electron chi connectivity index (χ0n) is 18.0. The fraction of sp³-hybridized carbons (Fsp3) is 0.696. The number of methoxy groups -OCH3 is 1. The predicted octanol–water partition coefficient (Wildman–Crippen LogP) is 1.74. The Labute approximate surface area is 179 Å². The number of benzene rings is 1. The lowest BCUT2D eigenvalue weighted by atomic mass is 9.98. The number of amides is 1. The van der Waals surface area contributed by atoms with Gasteiger partial charge in [-0.15, -0.1) is 0 Å². The summed E-state index contributed by atoms with van der Waals surface area (Å²) < 4.78 is 11.6. The largest absolute Gasteiger partial charge is 0.495 e. The second-order valence-corrected chi connectivity index (χ2v) is 8.64. The lowest BCUT2D eigenvalue weighted by Crippen LogP contribution is -2.51. The van der Waals surface area contributed by atoms with Gasteiger partial charge in [-0.1, -0.05) is 12.1 Å². The molecule has 3 heterocycles. The Hall–Kier alpha value is -1.83. The smallest absolute Gasteiger partial charge is 0.254 e. The van der Waals surface area contributed by atoms with Crippen molar-refractivity contribution in [3.05, 3.63) is 24.3 Å². The van der Waals surface area contributed by atoms with Crippen LogP contribution in [0.15, 0.2) is 24.3 Å². The molecule has 1 aromatic rings. The van der Waals surface area contributed by atoms with Crippen molar-refractivity contribution in [1.82, 2.24) is 9.80 Å². The van der Waals surface area contributed by atoms with Crippen LogP contribution in [0.2, 0.25) is 0 Å². The molecule has 0 radical (unpaired) electrons. The second-order valence-electron chi connectivity index (χ2n) is 8.64. The van der Waals surface area contributed by atoms with E-state index in [0.29, 0.717) is 6.42 Å². The van der Waals surface area contributed by atoms with Crippen molar-refractivity contribution in [1.29, 1.82) is 0 Å². The number of likely N-dealkylation sites (tertiary alicyclic amines) is 1. The van der Waals surface area contributed by atoms with Gasteiger partial charge < -0.3 is 24.4 Å². The molecular formula is C23H35N3O4. The number of hydrogen-bond acceptors (Lipinski definition) is 6. The molecule has 3 unspecified atom stereocenters. The van der Waals surface area contributed by atoms with Crippen molar-refractivity contribution >= 4 is 11.6 Å². The summed E-state index contributed by atoms with van der Waals surface area (Å²) >= 11 is 0. The fourth-order valence-corrected chi connectivity index (χ4v) is 4.86. The van der Waals surface area contributed by atoms with E-state index in [4.69, 9.17) is 9.47 Å². The number of carbonyl (C=O) groups is 1. The molecule has 0 aromatic heterocycles. The minimum absolute atomic E-state index is 0.0184. The number of ether oxygens (including phenoxy) is 2. The van der Waals surface area contributed by atoms with Crippen LogP contribution in [-0.2, 0) is 9.53 Å². The molecule has 3 fully saturated rings. The van der Waals surface area contributed by atoms with Crippen molar-refractivity contribution in [2.75, 3.05) is 57.8 Å². The molecule has 1 N–H and O–H groups in total. The van der Waals surface area contributed by atoms with E-state index in [0.717, 1.165) is 82.9 Å². The Morgan fingerprint density at radius 3 is 2.57 bits per heavy atom. The van der Waals surface area contributed by atoms with Gasteiger partial charge in [0.15, 0.2) is 6.10 Å². The Morgan fingerprint density at radius 2 is 1.83 bits per heavy atom. The van der Waals surface area contributed by atoms with Crippen LogP contribution in [0.5, 0.6) is 5.75 Å². The van der Waals surface area contributed by atoms with Crippen LogP contribution >= 0.6 is 0 Å². The normalized spacial score (nSPS) is 28.0. The van der Waals surface area contributed by atoms with Gasteiger partial charge in [-0.3, -0.25) is 9.69 Å². The van der Waals surface area contributed by atoms with Crippen LogP contribution in [0.1, 0.15) is 32.1 Å². The van der Waals surface area contributed by atoms with E-state index >= 15 is 0 Å². The van der Waals surface area contributed by atoms with Gasteiger partial charge >= 0.3 is 0 Å². The van der Waals surface area contributed by atoms with E-state index in [1.807, 2.05) is 17.0 Å². The number of para-hydroxylation sites is 2. The Balaban J connectivity index is 1.24. The third-order valence-electron chi connectivity index (χ3n) is 6.70. The van der Waals surface area contributed by atoms with E-state index in [9.17, 15) is 9.90 Å². The maximum absolute atomic E-state index is 12.7. The highest BCUT2D eigenvalue weighted by molar-refractivity contribution is 5.82. The summed E-state index contributed by atoms with van der Waals surface area (Å²) in [7, 11) is 1.72. The molecule has 4 rings (SSSR count). The number of piperazine rings is 1. The first-order valence-electron chi connectivity index (χ1n) is 11.4. The number of carbonyl (C=O) groups excluding carboxylic acids is 1. The molecule has 3 aliphatic rings. The van der Waals surface area contributed by atoms with Crippen LogP contribution in [-0.4, -0.2) is 92.0 Å². The molecular weight excluding hydrogens is 382 g/mol. The van der Waals surface area contributed by atoms with Crippen molar-refractivity contribution < 1.29 is 19.4 Å².